The molecule has 0 saturated heterocycles. The minimum absolute atomic E-state index is 0.190. The largest absolute Gasteiger partial charge is 0.319 e. The van der Waals surface area contributed by atoms with Crippen LogP contribution in [0.15, 0.2) is 48.5 Å². The van der Waals surface area contributed by atoms with E-state index in [-0.39, 0.29) is 5.91 Å². The van der Waals surface area contributed by atoms with E-state index in [9.17, 15) is 10.1 Å². The molecular formula is C25H23N5O. The highest BCUT2D eigenvalue weighted by Crippen LogP contribution is 2.25. The number of benzene rings is 2. The molecule has 0 atom stereocenters. The molecular weight excluding hydrogens is 386 g/mol. The molecule has 31 heavy (non-hydrogen) atoms. The van der Waals surface area contributed by atoms with Crippen molar-refractivity contribution in [2.24, 2.45) is 0 Å². The maximum Gasteiger partial charge on any atom is 0.256 e. The van der Waals surface area contributed by atoms with Crippen molar-refractivity contribution < 1.29 is 4.79 Å². The van der Waals surface area contributed by atoms with Crippen LogP contribution in [0.25, 0.3) is 10.9 Å². The van der Waals surface area contributed by atoms with Gasteiger partial charge in [0, 0.05) is 11.1 Å². The molecule has 4 rings (SSSR count). The minimum atomic E-state index is -0.190. The Morgan fingerprint density at radius 1 is 1.10 bits per heavy atom. The number of aromatic nitrogens is 3. The lowest BCUT2D eigenvalue weighted by Gasteiger charge is -2.11. The van der Waals surface area contributed by atoms with Gasteiger partial charge < -0.3 is 5.32 Å². The van der Waals surface area contributed by atoms with Gasteiger partial charge >= 0.3 is 0 Å². The van der Waals surface area contributed by atoms with E-state index >= 15 is 0 Å². The summed E-state index contributed by atoms with van der Waals surface area (Å²) >= 11 is 0. The van der Waals surface area contributed by atoms with Gasteiger partial charge in [0.05, 0.1) is 46.3 Å². The number of amides is 1. The molecule has 4 aromatic rings. The van der Waals surface area contributed by atoms with Crippen molar-refractivity contribution in [2.75, 3.05) is 5.32 Å². The second kappa shape index (κ2) is 8.04. The van der Waals surface area contributed by atoms with E-state index in [1.807, 2.05) is 74.8 Å². The van der Waals surface area contributed by atoms with Crippen LogP contribution in [-0.2, 0) is 6.54 Å². The molecule has 0 aliphatic heterocycles. The van der Waals surface area contributed by atoms with Crippen LogP contribution in [0.3, 0.4) is 0 Å². The third kappa shape index (κ3) is 3.90. The molecule has 2 aromatic carbocycles. The topological polar surface area (TPSA) is 83.6 Å². The molecule has 0 saturated carbocycles. The third-order valence-electron chi connectivity index (χ3n) is 5.41. The first-order valence-electron chi connectivity index (χ1n) is 10.1. The Kier molecular flexibility index (Phi) is 5.26. The molecule has 2 heterocycles. The average molecular weight is 409 g/mol. The van der Waals surface area contributed by atoms with E-state index in [2.05, 4.69) is 21.5 Å². The zero-order valence-electron chi connectivity index (χ0n) is 18.0. The Hall–Kier alpha value is -3.98. The maximum absolute atomic E-state index is 13.2. The van der Waals surface area contributed by atoms with Crippen LogP contribution in [0, 0.1) is 39.0 Å². The van der Waals surface area contributed by atoms with E-state index in [0.29, 0.717) is 23.4 Å². The molecule has 6 nitrogen and oxygen atoms in total. The fraction of sp³-hybridized carbons (Fsp3) is 0.200. The molecule has 1 N–H and O–H groups in total. The first kappa shape index (κ1) is 20.3. The highest BCUT2D eigenvalue weighted by Gasteiger charge is 2.18. The molecule has 0 aliphatic carbocycles. The number of fused-ring (bicyclic) bond motifs is 1. The summed E-state index contributed by atoms with van der Waals surface area (Å²) in [7, 11) is 0. The van der Waals surface area contributed by atoms with Crippen LogP contribution in [0.2, 0.25) is 0 Å². The zero-order chi connectivity index (χ0) is 22.1. The first-order chi connectivity index (χ1) is 14.9. The van der Waals surface area contributed by atoms with Gasteiger partial charge in [0.1, 0.15) is 0 Å². The normalized spacial score (nSPS) is 10.8. The van der Waals surface area contributed by atoms with Gasteiger partial charge in [-0.1, -0.05) is 29.8 Å². The maximum atomic E-state index is 13.2. The number of aryl methyl sites for hydroxylation is 3. The standard InChI is InChI=1S/C25H23N5O/c1-15-9-10-23-21(11-15)22(12-16(2)27-23)25(31)28-24-17(3)29-30(18(24)4)14-20-8-6-5-7-19(20)13-26/h5-12H,14H2,1-4H3,(H,28,31). The molecule has 0 spiro atoms. The fourth-order valence-electron chi connectivity index (χ4n) is 3.80. The van der Waals surface area contributed by atoms with Crippen molar-refractivity contribution in [2.45, 2.75) is 34.2 Å². The van der Waals surface area contributed by atoms with Gasteiger partial charge in [-0.05, 0) is 57.5 Å². The van der Waals surface area contributed by atoms with Crippen molar-refractivity contribution in [3.05, 3.63) is 87.9 Å². The zero-order valence-corrected chi connectivity index (χ0v) is 18.0. The molecule has 0 unspecified atom stereocenters. The quantitative estimate of drug-likeness (QED) is 0.523. The Labute approximate surface area is 181 Å². The summed E-state index contributed by atoms with van der Waals surface area (Å²) in [5, 5.41) is 17.8. The number of anilines is 1. The highest BCUT2D eigenvalue weighted by atomic mass is 16.1. The third-order valence-corrected chi connectivity index (χ3v) is 5.41. The summed E-state index contributed by atoms with van der Waals surface area (Å²) in [6.07, 6.45) is 0. The molecule has 0 bridgehead atoms. The van der Waals surface area contributed by atoms with Crippen LogP contribution in [0.4, 0.5) is 5.69 Å². The molecule has 6 heteroatoms. The number of nitrogens with one attached hydrogen (secondary N) is 1. The molecule has 1 amide bonds. The number of nitriles is 1. The van der Waals surface area contributed by atoms with Crippen LogP contribution in [-0.4, -0.2) is 20.7 Å². The minimum Gasteiger partial charge on any atom is -0.319 e. The van der Waals surface area contributed by atoms with E-state index in [1.54, 1.807) is 6.07 Å². The SMILES string of the molecule is Cc1ccc2nc(C)cc(C(=O)Nc3c(C)nn(Cc4ccccc4C#N)c3C)c2c1. The Balaban J connectivity index is 1.68. The molecule has 0 fully saturated rings. The summed E-state index contributed by atoms with van der Waals surface area (Å²) < 4.78 is 1.82. The molecule has 0 radical (unpaired) electrons. The van der Waals surface area contributed by atoms with Crippen molar-refractivity contribution in [3.8, 4) is 6.07 Å². The second-order valence-corrected chi connectivity index (χ2v) is 7.76. The van der Waals surface area contributed by atoms with Crippen LogP contribution < -0.4 is 5.32 Å². The summed E-state index contributed by atoms with van der Waals surface area (Å²) in [6, 6.07) is 17.4. The Bertz CT molecular complexity index is 1360. The number of carbonyl (C=O) groups excluding carboxylic acids is 1. The van der Waals surface area contributed by atoms with E-state index in [1.165, 1.54) is 0 Å². The van der Waals surface area contributed by atoms with Crippen LogP contribution >= 0.6 is 0 Å². The summed E-state index contributed by atoms with van der Waals surface area (Å²) in [4.78, 5) is 17.8. The van der Waals surface area contributed by atoms with E-state index in [4.69, 9.17) is 0 Å². The number of rotatable bonds is 4. The van der Waals surface area contributed by atoms with Gasteiger partial charge in [0.25, 0.3) is 5.91 Å². The van der Waals surface area contributed by atoms with Gasteiger partial charge in [-0.25, -0.2) is 0 Å². The number of pyridine rings is 1. The number of carbonyl (C=O) groups is 1. The fourth-order valence-corrected chi connectivity index (χ4v) is 3.80. The van der Waals surface area contributed by atoms with Gasteiger partial charge in [-0.2, -0.15) is 10.4 Å². The predicted octanol–water partition coefficient (Wildman–Crippen LogP) is 4.84. The molecule has 0 aliphatic rings. The van der Waals surface area contributed by atoms with Crippen molar-refractivity contribution >= 4 is 22.5 Å². The first-order valence-corrected chi connectivity index (χ1v) is 10.1. The predicted molar refractivity (Wildman–Crippen MR) is 121 cm³/mol. The van der Waals surface area contributed by atoms with Gasteiger partial charge in [0.2, 0.25) is 0 Å². The van der Waals surface area contributed by atoms with E-state index in [0.717, 1.165) is 39.1 Å². The monoisotopic (exact) mass is 409 g/mol. The van der Waals surface area contributed by atoms with Crippen LogP contribution in [0.1, 0.15) is 44.1 Å². The summed E-state index contributed by atoms with van der Waals surface area (Å²) in [5.41, 5.74) is 7.02. The lowest BCUT2D eigenvalue weighted by atomic mass is 10.0. The molecule has 2 aromatic heterocycles. The van der Waals surface area contributed by atoms with E-state index < -0.39 is 0 Å². The van der Waals surface area contributed by atoms with Crippen molar-refractivity contribution in [3.63, 3.8) is 0 Å². The number of nitrogens with zero attached hydrogens (tertiary/aromatic N) is 4. The number of hydrogen-bond donors (Lipinski definition) is 1. The van der Waals surface area contributed by atoms with Crippen molar-refractivity contribution in [1.82, 2.24) is 14.8 Å². The number of hydrogen-bond acceptors (Lipinski definition) is 4. The van der Waals surface area contributed by atoms with Gasteiger partial charge in [-0.15, -0.1) is 0 Å². The highest BCUT2D eigenvalue weighted by molar-refractivity contribution is 6.12. The van der Waals surface area contributed by atoms with Gasteiger partial charge in [0.15, 0.2) is 0 Å². The van der Waals surface area contributed by atoms with Crippen molar-refractivity contribution in [1.29, 1.82) is 5.26 Å². The van der Waals surface area contributed by atoms with Crippen LogP contribution in [0.5, 0.6) is 0 Å². The second-order valence-electron chi connectivity index (χ2n) is 7.76. The Morgan fingerprint density at radius 2 is 1.87 bits per heavy atom. The lowest BCUT2D eigenvalue weighted by Crippen LogP contribution is -2.14. The van der Waals surface area contributed by atoms with Gasteiger partial charge in [-0.3, -0.25) is 14.5 Å². The molecule has 154 valence electrons. The lowest BCUT2D eigenvalue weighted by molar-refractivity contribution is 0.102. The summed E-state index contributed by atoms with van der Waals surface area (Å²) in [5.74, 6) is -0.190. The average Bonchev–Trinajstić information content (AvgIpc) is 3.01. The summed E-state index contributed by atoms with van der Waals surface area (Å²) in [6.45, 7) is 8.14. The Morgan fingerprint density at radius 3 is 2.65 bits per heavy atom. The smallest absolute Gasteiger partial charge is 0.256 e.